The molecule has 0 amide bonds. The van der Waals surface area contributed by atoms with Crippen molar-refractivity contribution in [1.82, 2.24) is 0 Å². The van der Waals surface area contributed by atoms with Crippen molar-refractivity contribution in [1.29, 1.82) is 0 Å². The second-order valence-electron chi connectivity index (χ2n) is 15.4. The molecule has 3 fully saturated rings. The molecule has 0 aromatic heterocycles. The Hall–Kier alpha value is -0.509. The molecule has 0 N–H and O–H groups in total. The first-order chi connectivity index (χ1) is 18.0. The molecule has 0 radical (unpaired) electrons. The average Bonchev–Trinajstić information content (AvgIpc) is 3.16. The number of hydrogen-bond donors (Lipinski definition) is 0. The Morgan fingerprint density at radius 1 is 0.846 bits per heavy atom. The summed E-state index contributed by atoms with van der Waals surface area (Å²) in [6, 6.07) is 0. The van der Waals surface area contributed by atoms with Gasteiger partial charge in [-0.1, -0.05) is 42.6 Å². The van der Waals surface area contributed by atoms with Gasteiger partial charge in [0.05, 0.1) is 11.7 Å². The molecule has 0 bridgehead atoms. The van der Waals surface area contributed by atoms with Crippen LogP contribution in [0.25, 0.3) is 0 Å². The van der Waals surface area contributed by atoms with Gasteiger partial charge in [0.1, 0.15) is 0 Å². The van der Waals surface area contributed by atoms with E-state index in [0.29, 0.717) is 17.4 Å². The molecular weight excluding hydrogens is 529 g/mol. The first-order valence-electron chi connectivity index (χ1n) is 15.6. The number of allylic oxidation sites excluding steroid dienone is 1. The normalized spacial score (nSPS) is 39.6. The van der Waals surface area contributed by atoms with Crippen molar-refractivity contribution >= 4 is 25.0 Å². The number of rotatable bonds is 10. The highest BCUT2D eigenvalue weighted by Gasteiger charge is 2.67. The average molecular weight is 587 g/mol. The van der Waals surface area contributed by atoms with E-state index < -0.39 is 25.0 Å². The molecule has 0 aromatic rings. The van der Waals surface area contributed by atoms with Crippen LogP contribution in [0.1, 0.15) is 72.1 Å². The van der Waals surface area contributed by atoms with Gasteiger partial charge < -0.3 is 13.3 Å². The van der Waals surface area contributed by atoms with Gasteiger partial charge in [-0.3, -0.25) is 0 Å². The molecule has 3 saturated carbocycles. The standard InChI is InChI=1S/C33H58O3Si3/c1-13-37(7,8)34-25(4)33(36-39(11,12)15-3)23-20-30-28-17-16-26-24-27(35-38(9,10)14-2)18-21-31(26,5)29(28)19-22-32(30,33)6/h13-16,25,27-30H,1-3,17-24H2,4-12H3/t25-,27-,28?,29?,30?,31-,32-,33-/m0/s1. The van der Waals surface area contributed by atoms with Crippen molar-refractivity contribution < 1.29 is 13.3 Å². The molecule has 0 spiro atoms. The van der Waals surface area contributed by atoms with E-state index >= 15 is 0 Å². The fraction of sp³-hybridized carbons (Fsp3) is 0.758. The van der Waals surface area contributed by atoms with E-state index in [9.17, 15) is 0 Å². The summed E-state index contributed by atoms with van der Waals surface area (Å²) in [6.07, 6.45) is 12.7. The summed E-state index contributed by atoms with van der Waals surface area (Å²) in [5.41, 5.74) is 8.12. The monoisotopic (exact) mass is 586 g/mol. The van der Waals surface area contributed by atoms with Gasteiger partial charge in [-0.15, -0.1) is 19.7 Å². The van der Waals surface area contributed by atoms with E-state index in [-0.39, 0.29) is 17.1 Å². The summed E-state index contributed by atoms with van der Waals surface area (Å²) in [6.45, 7) is 33.5. The maximum Gasteiger partial charge on any atom is 0.211 e. The molecule has 0 heterocycles. The molecule has 4 rings (SSSR count). The predicted molar refractivity (Wildman–Crippen MR) is 174 cm³/mol. The molecule has 220 valence electrons. The van der Waals surface area contributed by atoms with E-state index in [1.54, 1.807) is 5.57 Å². The van der Waals surface area contributed by atoms with Crippen molar-refractivity contribution in [2.45, 2.75) is 129 Å². The Bertz CT molecular complexity index is 1000. The summed E-state index contributed by atoms with van der Waals surface area (Å²) < 4.78 is 21.0. The minimum atomic E-state index is -2.06. The van der Waals surface area contributed by atoms with Crippen molar-refractivity contribution in [3.8, 4) is 0 Å². The topological polar surface area (TPSA) is 27.7 Å². The molecule has 3 unspecified atom stereocenters. The third kappa shape index (κ3) is 5.52. The Balaban J connectivity index is 1.65. The lowest BCUT2D eigenvalue weighted by Gasteiger charge is -2.61. The zero-order chi connectivity index (χ0) is 29.1. The van der Waals surface area contributed by atoms with Crippen LogP contribution in [-0.2, 0) is 13.3 Å². The molecule has 4 aliphatic rings. The van der Waals surface area contributed by atoms with Crippen LogP contribution in [0.2, 0.25) is 39.3 Å². The minimum Gasteiger partial charge on any atom is -0.410 e. The van der Waals surface area contributed by atoms with Crippen LogP contribution >= 0.6 is 0 Å². The van der Waals surface area contributed by atoms with Gasteiger partial charge in [-0.2, -0.15) is 0 Å². The zero-order valence-electron chi connectivity index (χ0n) is 26.7. The van der Waals surface area contributed by atoms with Crippen molar-refractivity contribution in [2.75, 3.05) is 0 Å². The van der Waals surface area contributed by atoms with Gasteiger partial charge in [0, 0.05) is 11.5 Å². The Morgan fingerprint density at radius 3 is 2.08 bits per heavy atom. The van der Waals surface area contributed by atoms with Crippen LogP contribution in [0.4, 0.5) is 0 Å². The fourth-order valence-corrected chi connectivity index (χ4v) is 13.1. The van der Waals surface area contributed by atoms with Gasteiger partial charge in [-0.25, -0.2) is 0 Å². The summed E-state index contributed by atoms with van der Waals surface area (Å²) in [5, 5.41) is 0. The van der Waals surface area contributed by atoms with E-state index in [4.69, 9.17) is 13.3 Å². The lowest BCUT2D eigenvalue weighted by atomic mass is 9.46. The molecule has 0 aliphatic heterocycles. The second-order valence-corrected chi connectivity index (χ2v) is 26.9. The summed E-state index contributed by atoms with van der Waals surface area (Å²) in [5.74, 6) is 2.16. The molecule has 8 atom stereocenters. The molecule has 0 saturated heterocycles. The third-order valence-corrected chi connectivity index (χ3v) is 17.5. The molecule has 4 aliphatic carbocycles. The fourth-order valence-electron chi connectivity index (χ4n) is 9.27. The van der Waals surface area contributed by atoms with Gasteiger partial charge in [-0.05, 0) is 121 Å². The Kier molecular flexibility index (Phi) is 8.58. The van der Waals surface area contributed by atoms with Crippen LogP contribution in [0.5, 0.6) is 0 Å². The van der Waals surface area contributed by atoms with Crippen LogP contribution in [-0.4, -0.2) is 42.8 Å². The lowest BCUT2D eigenvalue weighted by Crippen LogP contribution is -2.63. The largest absolute Gasteiger partial charge is 0.410 e. The Morgan fingerprint density at radius 2 is 1.46 bits per heavy atom. The number of fused-ring (bicyclic) bond motifs is 5. The van der Waals surface area contributed by atoms with E-state index in [1.165, 1.54) is 38.5 Å². The SMILES string of the molecule is C=C[Si](C)(C)O[C@H]1CC[C@@]2(C)C(=CCC3C2CC[C@@]2(C)C3CC[C@]2(O[Si](C)(C)C=C)[C@H](C)O[Si](C)(C)C=C)C1. The lowest BCUT2D eigenvalue weighted by molar-refractivity contribution is -0.154. The maximum atomic E-state index is 7.39. The highest BCUT2D eigenvalue weighted by molar-refractivity contribution is 6.77. The van der Waals surface area contributed by atoms with Crippen molar-refractivity contribution in [3.63, 3.8) is 0 Å². The van der Waals surface area contributed by atoms with Crippen LogP contribution in [0.3, 0.4) is 0 Å². The predicted octanol–water partition coefficient (Wildman–Crippen LogP) is 9.29. The zero-order valence-corrected chi connectivity index (χ0v) is 29.7. The van der Waals surface area contributed by atoms with E-state index in [0.717, 1.165) is 24.7 Å². The minimum absolute atomic E-state index is 0.0469. The maximum absolute atomic E-state index is 7.39. The van der Waals surface area contributed by atoms with Gasteiger partial charge >= 0.3 is 0 Å². The van der Waals surface area contributed by atoms with Crippen LogP contribution in [0.15, 0.2) is 48.5 Å². The second kappa shape index (κ2) is 10.6. The van der Waals surface area contributed by atoms with Crippen molar-refractivity contribution in [2.24, 2.45) is 28.6 Å². The third-order valence-electron chi connectivity index (χ3n) is 11.8. The van der Waals surface area contributed by atoms with Gasteiger partial charge in [0.25, 0.3) is 0 Å². The van der Waals surface area contributed by atoms with E-state index in [2.05, 4.69) is 103 Å². The Labute approximate surface area is 243 Å². The van der Waals surface area contributed by atoms with Crippen LogP contribution < -0.4 is 0 Å². The van der Waals surface area contributed by atoms with Crippen LogP contribution in [0, 0.1) is 28.6 Å². The van der Waals surface area contributed by atoms with E-state index in [1.807, 2.05) is 0 Å². The summed E-state index contributed by atoms with van der Waals surface area (Å²) in [4.78, 5) is 0. The van der Waals surface area contributed by atoms with Gasteiger partial charge in [0.2, 0.25) is 25.0 Å². The molecule has 3 nitrogen and oxygen atoms in total. The molecule has 39 heavy (non-hydrogen) atoms. The smallest absolute Gasteiger partial charge is 0.211 e. The first kappa shape index (κ1) is 31.4. The highest BCUT2D eigenvalue weighted by atomic mass is 28.4. The van der Waals surface area contributed by atoms with Crippen molar-refractivity contribution in [3.05, 3.63) is 48.5 Å². The summed E-state index contributed by atoms with van der Waals surface area (Å²) in [7, 11) is -5.81. The highest BCUT2D eigenvalue weighted by Crippen LogP contribution is 2.69. The summed E-state index contributed by atoms with van der Waals surface area (Å²) >= 11 is 0. The number of hydrogen-bond acceptors (Lipinski definition) is 3. The first-order valence-corrected chi connectivity index (χ1v) is 24.6. The molecular formula is C33H58O3Si3. The molecule has 6 heteroatoms. The van der Waals surface area contributed by atoms with Gasteiger partial charge in [0.15, 0.2) is 0 Å². The molecule has 0 aromatic carbocycles. The quantitative estimate of drug-likeness (QED) is 0.189.